The van der Waals surface area contributed by atoms with Gasteiger partial charge in [-0.25, -0.2) is 13.2 Å². The number of aromatic nitrogens is 1. The molecule has 7 nitrogen and oxygen atoms in total. The number of anilines is 1. The van der Waals surface area contributed by atoms with E-state index in [1.54, 1.807) is 31.5 Å². The Kier molecular flexibility index (Phi) is 9.40. The third kappa shape index (κ3) is 7.15. The van der Waals surface area contributed by atoms with E-state index in [9.17, 15) is 18.7 Å². The molecule has 1 aliphatic rings. The van der Waals surface area contributed by atoms with Crippen molar-refractivity contribution in [1.82, 2.24) is 9.88 Å². The van der Waals surface area contributed by atoms with Crippen LogP contribution in [-0.2, 0) is 4.79 Å². The lowest BCUT2D eigenvalue weighted by molar-refractivity contribution is -0.141. The highest BCUT2D eigenvalue weighted by Crippen LogP contribution is 2.44. The zero-order valence-electron chi connectivity index (χ0n) is 23.1. The van der Waals surface area contributed by atoms with E-state index < -0.39 is 29.2 Å². The van der Waals surface area contributed by atoms with Crippen molar-refractivity contribution in [2.24, 2.45) is 5.41 Å². The number of ether oxygens (including phenoxy) is 2. The molecule has 0 bridgehead atoms. The molecule has 1 aromatic heterocycles. The van der Waals surface area contributed by atoms with E-state index in [1.807, 2.05) is 19.0 Å². The fourth-order valence-corrected chi connectivity index (χ4v) is 5.56. The Labute approximate surface area is 232 Å². The Morgan fingerprint density at radius 3 is 2.45 bits per heavy atom. The van der Waals surface area contributed by atoms with E-state index in [0.717, 1.165) is 18.2 Å². The van der Waals surface area contributed by atoms with Gasteiger partial charge in [0.05, 0.1) is 30.9 Å². The molecule has 216 valence electrons. The van der Waals surface area contributed by atoms with Crippen LogP contribution in [0.2, 0.25) is 0 Å². The first kappa shape index (κ1) is 29.5. The number of likely N-dealkylation sites (tertiary alicyclic amines) is 1. The highest BCUT2D eigenvalue weighted by molar-refractivity contribution is 5.88. The molecule has 3 aromatic rings. The average molecular weight is 560 g/mol. The van der Waals surface area contributed by atoms with Crippen LogP contribution in [0.4, 0.5) is 18.9 Å². The first-order valence-electron chi connectivity index (χ1n) is 13.4. The molecule has 4 rings (SSSR count). The van der Waals surface area contributed by atoms with Crippen LogP contribution < -0.4 is 14.4 Å². The van der Waals surface area contributed by atoms with Crippen LogP contribution in [0, 0.1) is 17.0 Å². The van der Waals surface area contributed by atoms with E-state index in [1.165, 1.54) is 0 Å². The minimum Gasteiger partial charge on any atom is -0.497 e. The number of carboxylic acids is 1. The summed E-state index contributed by atoms with van der Waals surface area (Å²) in [5, 5.41) is 10.4. The number of fused-ring (bicyclic) bond motifs is 1. The van der Waals surface area contributed by atoms with Crippen LogP contribution >= 0.6 is 0 Å². The molecule has 2 aromatic carbocycles. The third-order valence-electron chi connectivity index (χ3n) is 7.77. The van der Waals surface area contributed by atoms with Crippen molar-refractivity contribution in [1.29, 1.82) is 0 Å². The molecule has 1 fully saturated rings. The van der Waals surface area contributed by atoms with Gasteiger partial charge in [-0.05, 0) is 62.4 Å². The van der Waals surface area contributed by atoms with Crippen LogP contribution in [0.3, 0.4) is 0 Å². The van der Waals surface area contributed by atoms with Gasteiger partial charge in [0, 0.05) is 49.8 Å². The zero-order chi connectivity index (χ0) is 28.9. The van der Waals surface area contributed by atoms with Crippen LogP contribution in [0.5, 0.6) is 11.5 Å². The van der Waals surface area contributed by atoms with Crippen LogP contribution in [0.1, 0.15) is 43.8 Å². The number of methoxy groups -OCH3 is 1. The fraction of sp³-hybridized carbons (Fsp3) is 0.467. The number of carboxylic acid groups (broad SMARTS) is 1. The predicted octanol–water partition coefficient (Wildman–Crippen LogP) is 6.01. The van der Waals surface area contributed by atoms with Gasteiger partial charge >= 0.3 is 5.97 Å². The Hall–Kier alpha value is -3.53. The molecule has 1 atom stereocenters. The molecule has 40 heavy (non-hydrogen) atoms. The van der Waals surface area contributed by atoms with Crippen molar-refractivity contribution in [3.63, 3.8) is 0 Å². The van der Waals surface area contributed by atoms with Crippen LogP contribution in [-0.4, -0.2) is 68.4 Å². The van der Waals surface area contributed by atoms with Gasteiger partial charge in [-0.15, -0.1) is 0 Å². The summed E-state index contributed by atoms with van der Waals surface area (Å²) < 4.78 is 53.8. The van der Waals surface area contributed by atoms with Gasteiger partial charge in [0.2, 0.25) is 0 Å². The fourth-order valence-electron chi connectivity index (χ4n) is 5.56. The van der Waals surface area contributed by atoms with Crippen molar-refractivity contribution in [3.05, 3.63) is 59.8 Å². The van der Waals surface area contributed by atoms with Crippen molar-refractivity contribution >= 4 is 22.6 Å². The normalized spacial score (nSPS) is 16.1. The number of hydrogen-bond donors (Lipinski definition) is 1. The predicted molar refractivity (Wildman–Crippen MR) is 148 cm³/mol. The van der Waals surface area contributed by atoms with Gasteiger partial charge < -0.3 is 19.5 Å². The number of nitrogens with zero attached hydrogens (tertiary/aromatic N) is 3. The largest absolute Gasteiger partial charge is 0.497 e. The first-order chi connectivity index (χ1) is 19.1. The topological polar surface area (TPSA) is 75.1 Å². The Morgan fingerprint density at radius 1 is 1.12 bits per heavy atom. The maximum absolute atomic E-state index is 16.1. The SMILES string of the molecule is COc1ccc2ncc(N(C)C)c([C@H](F)CCC3(CC(=O)O)CCN(CCOc4cc(F)cc(F)c4)CC3)c2c1. The van der Waals surface area contributed by atoms with Crippen molar-refractivity contribution in [2.45, 2.75) is 38.3 Å². The van der Waals surface area contributed by atoms with Crippen molar-refractivity contribution < 1.29 is 32.5 Å². The number of pyridine rings is 1. The molecule has 0 spiro atoms. The second-order valence-electron chi connectivity index (χ2n) is 10.7. The standard InChI is InChI=1S/C30H36F3N3O4/c1-35(2)27-19-34-26-5-4-22(39-3)17-24(26)29(27)25(33)6-7-30(18-28(37)38)8-10-36(11-9-30)12-13-40-23-15-20(31)14-21(32)16-23/h4-5,14-17,19,25H,6-13,18H2,1-3H3,(H,37,38)/t25-/m1/s1. The molecular formula is C30H36F3N3O4. The lowest BCUT2D eigenvalue weighted by Crippen LogP contribution is -2.42. The summed E-state index contributed by atoms with van der Waals surface area (Å²) in [4.78, 5) is 20.3. The van der Waals surface area contributed by atoms with Crippen molar-refractivity contribution in [3.8, 4) is 11.5 Å². The quantitative estimate of drug-likeness (QED) is 0.291. The number of halogens is 3. The summed E-state index contributed by atoms with van der Waals surface area (Å²) in [5.41, 5.74) is 1.34. The van der Waals surface area contributed by atoms with Crippen LogP contribution in [0.15, 0.2) is 42.6 Å². The third-order valence-corrected chi connectivity index (χ3v) is 7.77. The summed E-state index contributed by atoms with van der Waals surface area (Å²) in [5.74, 6) is -1.56. The number of alkyl halides is 1. The lowest BCUT2D eigenvalue weighted by Gasteiger charge is -2.41. The van der Waals surface area contributed by atoms with Gasteiger partial charge in [0.1, 0.15) is 35.9 Å². The number of piperidine rings is 1. The summed E-state index contributed by atoms with van der Waals surface area (Å²) in [6.07, 6.45) is 2.13. The van der Waals surface area contributed by atoms with Gasteiger partial charge in [-0.3, -0.25) is 14.7 Å². The smallest absolute Gasteiger partial charge is 0.303 e. The summed E-state index contributed by atoms with van der Waals surface area (Å²) in [6.45, 7) is 2.03. The minimum absolute atomic E-state index is 0.0297. The molecule has 10 heteroatoms. The number of carbonyl (C=O) groups is 1. The highest BCUT2D eigenvalue weighted by Gasteiger charge is 2.37. The number of aliphatic carboxylic acids is 1. The minimum atomic E-state index is -1.32. The Morgan fingerprint density at radius 2 is 1.82 bits per heavy atom. The molecule has 1 saturated heterocycles. The molecule has 1 N–H and O–H groups in total. The molecule has 0 aliphatic carbocycles. The van der Waals surface area contributed by atoms with Gasteiger partial charge in [0.15, 0.2) is 0 Å². The molecule has 0 radical (unpaired) electrons. The van der Waals surface area contributed by atoms with Gasteiger partial charge in [-0.2, -0.15) is 0 Å². The number of benzene rings is 2. The number of hydrogen-bond acceptors (Lipinski definition) is 6. The van der Waals surface area contributed by atoms with E-state index in [2.05, 4.69) is 9.88 Å². The molecule has 1 aliphatic heterocycles. The summed E-state index contributed by atoms with van der Waals surface area (Å²) in [6, 6.07) is 8.45. The lowest BCUT2D eigenvalue weighted by atomic mass is 9.71. The van der Waals surface area contributed by atoms with E-state index >= 15 is 4.39 Å². The average Bonchev–Trinajstić information content (AvgIpc) is 2.91. The van der Waals surface area contributed by atoms with Crippen LogP contribution in [0.25, 0.3) is 10.9 Å². The van der Waals surface area contributed by atoms with Gasteiger partial charge in [-0.1, -0.05) is 0 Å². The monoisotopic (exact) mass is 559 g/mol. The van der Waals surface area contributed by atoms with Gasteiger partial charge in [0.25, 0.3) is 0 Å². The Bertz CT molecular complexity index is 1310. The summed E-state index contributed by atoms with van der Waals surface area (Å²) >= 11 is 0. The zero-order valence-corrected chi connectivity index (χ0v) is 23.1. The molecule has 0 saturated carbocycles. The molecular weight excluding hydrogens is 523 g/mol. The molecule has 2 heterocycles. The molecule has 0 unspecified atom stereocenters. The maximum atomic E-state index is 16.1. The second kappa shape index (κ2) is 12.8. The highest BCUT2D eigenvalue weighted by atomic mass is 19.1. The summed E-state index contributed by atoms with van der Waals surface area (Å²) in [7, 11) is 5.25. The Balaban J connectivity index is 1.43. The van der Waals surface area contributed by atoms with Crippen molar-refractivity contribution in [2.75, 3.05) is 52.3 Å². The number of rotatable bonds is 12. The van der Waals surface area contributed by atoms with E-state index in [4.69, 9.17) is 9.47 Å². The maximum Gasteiger partial charge on any atom is 0.303 e. The molecule has 0 amide bonds. The van der Waals surface area contributed by atoms with E-state index in [0.29, 0.717) is 66.8 Å². The first-order valence-corrected chi connectivity index (χ1v) is 13.4. The van der Waals surface area contributed by atoms with E-state index in [-0.39, 0.29) is 25.2 Å². The second-order valence-corrected chi connectivity index (χ2v) is 10.7.